The zero-order valence-electron chi connectivity index (χ0n) is 21.3. The number of halogens is 1. The second-order valence-electron chi connectivity index (χ2n) is 8.55. The molecule has 0 aliphatic carbocycles. The molecule has 1 N–H and O–H groups in total. The Balaban J connectivity index is 1.69. The first-order valence-electron chi connectivity index (χ1n) is 12.2. The van der Waals surface area contributed by atoms with Crippen molar-refractivity contribution in [1.29, 1.82) is 5.26 Å². The summed E-state index contributed by atoms with van der Waals surface area (Å²) >= 11 is 7.75. The summed E-state index contributed by atoms with van der Waals surface area (Å²) in [6.07, 6.45) is 1.48. The standard InChI is InChI=1S/C31H26ClN3O3S/c1-3-18-38-31(37)28-21(2)34-30(25(19-33)29(28)24-16-10-11-17-26(24)32)39-20-27(36)35(22-12-6-4-7-13-22)23-14-8-5-9-15-23/h3-17,29,34H,1,18,20H2,2H3. The van der Waals surface area contributed by atoms with E-state index in [1.165, 1.54) is 17.8 Å². The van der Waals surface area contributed by atoms with Gasteiger partial charge in [0.2, 0.25) is 5.91 Å². The van der Waals surface area contributed by atoms with Crippen molar-refractivity contribution in [2.75, 3.05) is 17.3 Å². The molecule has 4 rings (SSSR count). The number of carbonyl (C=O) groups excluding carboxylic acids is 2. The summed E-state index contributed by atoms with van der Waals surface area (Å²) in [6, 6.07) is 28.1. The van der Waals surface area contributed by atoms with Crippen molar-refractivity contribution in [3.05, 3.63) is 130 Å². The van der Waals surface area contributed by atoms with Crippen molar-refractivity contribution in [2.24, 2.45) is 0 Å². The zero-order chi connectivity index (χ0) is 27.8. The zero-order valence-corrected chi connectivity index (χ0v) is 22.8. The predicted molar refractivity (Wildman–Crippen MR) is 156 cm³/mol. The van der Waals surface area contributed by atoms with E-state index < -0.39 is 11.9 Å². The van der Waals surface area contributed by atoms with Gasteiger partial charge in [-0.2, -0.15) is 5.26 Å². The highest BCUT2D eigenvalue weighted by molar-refractivity contribution is 8.03. The Bertz CT molecular complexity index is 1440. The Kier molecular flexibility index (Phi) is 9.27. The second kappa shape index (κ2) is 13.0. The minimum Gasteiger partial charge on any atom is -0.458 e. The van der Waals surface area contributed by atoms with Crippen molar-refractivity contribution >= 4 is 46.6 Å². The molecule has 0 saturated heterocycles. The van der Waals surface area contributed by atoms with Crippen molar-refractivity contribution in [3.8, 4) is 6.07 Å². The number of hydrogen-bond donors (Lipinski definition) is 1. The lowest BCUT2D eigenvalue weighted by atomic mass is 9.82. The molecule has 1 aliphatic heterocycles. The van der Waals surface area contributed by atoms with Gasteiger partial charge in [0.25, 0.3) is 0 Å². The Morgan fingerprint density at radius 3 is 2.21 bits per heavy atom. The van der Waals surface area contributed by atoms with Crippen LogP contribution < -0.4 is 10.2 Å². The van der Waals surface area contributed by atoms with Crippen LogP contribution in [-0.4, -0.2) is 24.2 Å². The molecule has 6 nitrogen and oxygen atoms in total. The van der Waals surface area contributed by atoms with Crippen LogP contribution in [0, 0.1) is 11.3 Å². The van der Waals surface area contributed by atoms with E-state index in [9.17, 15) is 14.9 Å². The maximum absolute atomic E-state index is 13.6. The Morgan fingerprint density at radius 2 is 1.64 bits per heavy atom. The number of anilines is 2. The van der Waals surface area contributed by atoms with Crippen LogP contribution in [0.2, 0.25) is 5.02 Å². The van der Waals surface area contributed by atoms with Gasteiger partial charge in [-0.1, -0.05) is 90.6 Å². The summed E-state index contributed by atoms with van der Waals surface area (Å²) < 4.78 is 5.35. The normalized spacial score (nSPS) is 14.7. The summed E-state index contributed by atoms with van der Waals surface area (Å²) in [4.78, 5) is 28.4. The number of esters is 1. The van der Waals surface area contributed by atoms with E-state index in [1.54, 1.807) is 36.1 Å². The molecule has 0 aromatic heterocycles. The molecule has 8 heteroatoms. The van der Waals surface area contributed by atoms with Gasteiger partial charge in [-0.25, -0.2) is 4.79 Å². The number of para-hydroxylation sites is 2. The first-order valence-corrected chi connectivity index (χ1v) is 13.5. The third kappa shape index (κ3) is 6.26. The van der Waals surface area contributed by atoms with Gasteiger partial charge in [-0.15, -0.1) is 0 Å². The lowest BCUT2D eigenvalue weighted by Crippen LogP contribution is -2.31. The number of ether oxygens (including phenoxy) is 1. The molecule has 1 atom stereocenters. The van der Waals surface area contributed by atoms with E-state index >= 15 is 0 Å². The topological polar surface area (TPSA) is 82.4 Å². The molecule has 0 saturated carbocycles. The highest BCUT2D eigenvalue weighted by Gasteiger charge is 2.36. The van der Waals surface area contributed by atoms with E-state index in [-0.39, 0.29) is 29.4 Å². The largest absolute Gasteiger partial charge is 0.458 e. The molecule has 0 fully saturated rings. The molecular formula is C31H26ClN3O3S. The Hall–Kier alpha value is -4.25. The van der Waals surface area contributed by atoms with Crippen molar-refractivity contribution in [1.82, 2.24) is 5.32 Å². The Labute approximate surface area is 237 Å². The molecule has 1 amide bonds. The number of amides is 1. The van der Waals surface area contributed by atoms with Gasteiger partial charge in [-0.3, -0.25) is 9.69 Å². The van der Waals surface area contributed by atoms with Crippen LogP contribution >= 0.6 is 23.4 Å². The van der Waals surface area contributed by atoms with Crippen molar-refractivity contribution < 1.29 is 14.3 Å². The van der Waals surface area contributed by atoms with Gasteiger partial charge < -0.3 is 10.1 Å². The molecule has 3 aromatic carbocycles. The van der Waals surface area contributed by atoms with E-state index in [4.69, 9.17) is 16.3 Å². The Morgan fingerprint density at radius 1 is 1.05 bits per heavy atom. The maximum Gasteiger partial charge on any atom is 0.337 e. The van der Waals surface area contributed by atoms with E-state index in [2.05, 4.69) is 18.0 Å². The highest BCUT2D eigenvalue weighted by atomic mass is 35.5. The molecule has 196 valence electrons. The number of rotatable bonds is 9. The maximum atomic E-state index is 13.6. The fourth-order valence-corrected chi connectivity index (χ4v) is 5.51. The van der Waals surface area contributed by atoms with Gasteiger partial charge in [0.05, 0.1) is 33.9 Å². The average molecular weight is 556 g/mol. The van der Waals surface area contributed by atoms with Gasteiger partial charge in [-0.05, 0) is 42.8 Å². The van der Waals surface area contributed by atoms with Crippen LogP contribution in [0.5, 0.6) is 0 Å². The van der Waals surface area contributed by atoms with Crippen molar-refractivity contribution in [2.45, 2.75) is 12.8 Å². The lowest BCUT2D eigenvalue weighted by Gasteiger charge is -2.30. The number of nitrogens with zero attached hydrogens (tertiary/aromatic N) is 2. The van der Waals surface area contributed by atoms with Gasteiger partial charge >= 0.3 is 5.97 Å². The second-order valence-corrected chi connectivity index (χ2v) is 9.94. The van der Waals surface area contributed by atoms with E-state index in [0.717, 1.165) is 11.4 Å². The first-order chi connectivity index (χ1) is 19.0. The number of allylic oxidation sites excluding steroid dienone is 2. The smallest absolute Gasteiger partial charge is 0.337 e. The third-order valence-electron chi connectivity index (χ3n) is 6.03. The number of benzene rings is 3. The fourth-order valence-electron chi connectivity index (χ4n) is 4.32. The monoisotopic (exact) mass is 555 g/mol. The van der Waals surface area contributed by atoms with Crippen LogP contribution in [0.25, 0.3) is 0 Å². The molecule has 39 heavy (non-hydrogen) atoms. The number of nitriles is 1. The average Bonchev–Trinajstić information content (AvgIpc) is 2.96. The van der Waals surface area contributed by atoms with Crippen LogP contribution in [0.15, 0.2) is 119 Å². The van der Waals surface area contributed by atoms with Crippen molar-refractivity contribution in [3.63, 3.8) is 0 Å². The first kappa shape index (κ1) is 27.8. The lowest BCUT2D eigenvalue weighted by molar-refractivity contribution is -0.138. The number of nitrogens with one attached hydrogen (secondary N) is 1. The highest BCUT2D eigenvalue weighted by Crippen LogP contribution is 2.43. The number of carbonyl (C=O) groups is 2. The molecule has 3 aromatic rings. The fraction of sp³-hybridized carbons (Fsp3) is 0.129. The quantitative estimate of drug-likeness (QED) is 0.229. The van der Waals surface area contributed by atoms with Gasteiger partial charge in [0.1, 0.15) is 6.61 Å². The minimum absolute atomic E-state index is 0.0291. The summed E-state index contributed by atoms with van der Waals surface area (Å²) in [5, 5.41) is 14.4. The number of dihydropyridines is 1. The summed E-state index contributed by atoms with van der Waals surface area (Å²) in [7, 11) is 0. The van der Waals surface area contributed by atoms with E-state index in [1.807, 2.05) is 60.7 Å². The van der Waals surface area contributed by atoms with Crippen LogP contribution in [-0.2, 0) is 14.3 Å². The SMILES string of the molecule is C=CCOC(=O)C1=C(C)NC(SCC(=O)N(c2ccccc2)c2ccccc2)=C(C#N)C1c1ccccc1Cl. The summed E-state index contributed by atoms with van der Waals surface area (Å²) in [5.74, 6) is -1.47. The van der Waals surface area contributed by atoms with Crippen LogP contribution in [0.3, 0.4) is 0 Å². The third-order valence-corrected chi connectivity index (χ3v) is 7.38. The number of thioether (sulfide) groups is 1. The predicted octanol–water partition coefficient (Wildman–Crippen LogP) is 6.86. The van der Waals surface area contributed by atoms with Crippen LogP contribution in [0.1, 0.15) is 18.4 Å². The van der Waals surface area contributed by atoms with Gasteiger partial charge in [0, 0.05) is 22.1 Å². The van der Waals surface area contributed by atoms with Crippen LogP contribution in [0.4, 0.5) is 11.4 Å². The number of hydrogen-bond acceptors (Lipinski definition) is 6. The molecule has 1 unspecified atom stereocenters. The van der Waals surface area contributed by atoms with Gasteiger partial charge in [0.15, 0.2) is 0 Å². The molecular weight excluding hydrogens is 530 g/mol. The molecule has 0 bridgehead atoms. The molecule has 1 heterocycles. The summed E-state index contributed by atoms with van der Waals surface area (Å²) in [5.41, 5.74) is 3.15. The molecule has 1 aliphatic rings. The van der Waals surface area contributed by atoms with E-state index in [0.29, 0.717) is 21.3 Å². The minimum atomic E-state index is -0.765. The molecule has 0 spiro atoms. The molecule has 0 radical (unpaired) electrons. The summed E-state index contributed by atoms with van der Waals surface area (Å²) in [6.45, 7) is 5.37.